The van der Waals surface area contributed by atoms with Crippen molar-refractivity contribution in [1.82, 2.24) is 14.9 Å². The Kier molecular flexibility index (Phi) is 9.40. The van der Waals surface area contributed by atoms with Crippen molar-refractivity contribution in [3.8, 4) is 0 Å². The molecule has 3 rings (SSSR count). The zero-order chi connectivity index (χ0) is 28.1. The van der Waals surface area contributed by atoms with Crippen LogP contribution >= 0.6 is 11.3 Å². The molecule has 206 valence electrons. The second kappa shape index (κ2) is 12.1. The van der Waals surface area contributed by atoms with Gasteiger partial charge in [-0.15, -0.1) is 11.3 Å². The van der Waals surface area contributed by atoms with Crippen LogP contribution in [-0.4, -0.2) is 52.0 Å². The highest BCUT2D eigenvalue weighted by molar-refractivity contribution is 7.13. The summed E-state index contributed by atoms with van der Waals surface area (Å²) in [5, 5.41) is 3.50. The van der Waals surface area contributed by atoms with Crippen molar-refractivity contribution < 1.29 is 26.7 Å². The molecule has 1 amide bonds. The maximum Gasteiger partial charge on any atom is 0.417 e. The van der Waals surface area contributed by atoms with Crippen molar-refractivity contribution in [2.45, 2.75) is 58.7 Å². The Bertz CT molecular complexity index is 1200. The molecular weight excluding hydrogens is 525 g/mol. The van der Waals surface area contributed by atoms with E-state index in [1.807, 2.05) is 19.9 Å². The number of alkyl halides is 5. The first-order valence-electron chi connectivity index (χ1n) is 12.2. The van der Waals surface area contributed by atoms with Crippen LogP contribution in [0.25, 0.3) is 5.70 Å². The van der Waals surface area contributed by atoms with Crippen LogP contribution in [0.3, 0.4) is 0 Å². The van der Waals surface area contributed by atoms with Gasteiger partial charge in [0.25, 0.3) is 11.8 Å². The highest BCUT2D eigenvalue weighted by Crippen LogP contribution is 2.37. The van der Waals surface area contributed by atoms with Gasteiger partial charge in [0.1, 0.15) is 11.5 Å². The second-order valence-electron chi connectivity index (χ2n) is 9.06. The fourth-order valence-electron chi connectivity index (χ4n) is 4.24. The molecule has 6 nitrogen and oxygen atoms in total. The van der Waals surface area contributed by atoms with Gasteiger partial charge in [-0.05, 0) is 44.4 Å². The third-order valence-electron chi connectivity index (χ3n) is 5.98. The van der Waals surface area contributed by atoms with Gasteiger partial charge in [0.15, 0.2) is 0 Å². The van der Waals surface area contributed by atoms with Crippen LogP contribution < -0.4 is 5.32 Å². The number of hydrogen-bond donors (Lipinski definition) is 1. The molecule has 0 radical (unpaired) electrons. The van der Waals surface area contributed by atoms with E-state index in [4.69, 9.17) is 0 Å². The first kappa shape index (κ1) is 29.4. The minimum absolute atomic E-state index is 0.0247. The van der Waals surface area contributed by atoms with E-state index in [1.54, 1.807) is 32.2 Å². The molecule has 0 aliphatic carbocycles. The van der Waals surface area contributed by atoms with Crippen LogP contribution in [0, 0.1) is 12.8 Å². The van der Waals surface area contributed by atoms with Crippen molar-refractivity contribution in [3.63, 3.8) is 0 Å². The summed E-state index contributed by atoms with van der Waals surface area (Å²) in [5.41, 5.74) is -0.322. The van der Waals surface area contributed by atoms with Crippen molar-refractivity contribution in [2.75, 3.05) is 18.4 Å². The third-order valence-corrected chi connectivity index (χ3v) is 6.98. The minimum Gasteiger partial charge on any atom is -0.368 e. The van der Waals surface area contributed by atoms with Gasteiger partial charge in [-0.2, -0.15) is 13.2 Å². The number of thiazole rings is 1. The van der Waals surface area contributed by atoms with Gasteiger partial charge in [0, 0.05) is 25.4 Å². The standard InChI is InChI=1S/C26H30F5N5OS/c1-5-7-11-32-19(8-6-2)23-22(35-17(4)38-23)24(37)36-15-25(27,28)12-16(3)20(36)14-34-21-10-9-18(13-33-21)26(29,30)31/h5,7-11,13,16,20H,6,12,14-15H2,1-4H3,(H,33,34)/b7-5-,19-8+,32-11-. The molecule has 12 heteroatoms. The molecule has 2 aromatic rings. The van der Waals surface area contributed by atoms with Gasteiger partial charge in [0.2, 0.25) is 0 Å². The number of hydrogen-bond acceptors (Lipinski definition) is 6. The largest absolute Gasteiger partial charge is 0.417 e. The Hall–Kier alpha value is -3.15. The Morgan fingerprint density at radius 1 is 1.34 bits per heavy atom. The molecule has 0 spiro atoms. The molecular formula is C26H30F5N5OS. The van der Waals surface area contributed by atoms with Crippen LogP contribution in [-0.2, 0) is 6.18 Å². The van der Waals surface area contributed by atoms with Gasteiger partial charge < -0.3 is 10.2 Å². The summed E-state index contributed by atoms with van der Waals surface area (Å²) in [6, 6.07) is 1.38. The smallest absolute Gasteiger partial charge is 0.368 e. The van der Waals surface area contributed by atoms with Crippen molar-refractivity contribution in [3.05, 3.63) is 57.7 Å². The van der Waals surface area contributed by atoms with Crippen molar-refractivity contribution in [2.24, 2.45) is 10.9 Å². The first-order chi connectivity index (χ1) is 17.9. The van der Waals surface area contributed by atoms with E-state index in [1.165, 1.54) is 17.4 Å². The Morgan fingerprint density at radius 3 is 2.68 bits per heavy atom. The number of allylic oxidation sites excluding steroid dienone is 3. The molecule has 1 aliphatic heterocycles. The summed E-state index contributed by atoms with van der Waals surface area (Å²) in [6.45, 7) is 6.34. The lowest BCUT2D eigenvalue weighted by atomic mass is 9.88. The normalized spacial score (nSPS) is 20.4. The quantitative estimate of drug-likeness (QED) is 0.285. The van der Waals surface area contributed by atoms with E-state index in [-0.39, 0.29) is 18.1 Å². The number of halogens is 5. The Labute approximate surface area is 222 Å². The molecule has 2 aromatic heterocycles. The number of nitrogens with zero attached hydrogens (tertiary/aromatic N) is 4. The van der Waals surface area contributed by atoms with Gasteiger partial charge in [-0.3, -0.25) is 9.79 Å². The van der Waals surface area contributed by atoms with Gasteiger partial charge in [-0.1, -0.05) is 26.0 Å². The molecule has 0 bridgehead atoms. The molecule has 2 atom stereocenters. The maximum atomic E-state index is 14.7. The molecule has 38 heavy (non-hydrogen) atoms. The number of nitrogens with one attached hydrogen (secondary N) is 1. The lowest BCUT2D eigenvalue weighted by Crippen LogP contribution is -2.57. The number of rotatable bonds is 8. The van der Waals surface area contributed by atoms with E-state index in [0.29, 0.717) is 28.2 Å². The number of anilines is 1. The van der Waals surface area contributed by atoms with E-state index in [9.17, 15) is 26.7 Å². The molecule has 1 aliphatic rings. The number of aryl methyl sites for hydroxylation is 1. The fraction of sp³-hybridized carbons (Fsp3) is 0.462. The van der Waals surface area contributed by atoms with Crippen molar-refractivity contribution in [1.29, 1.82) is 0 Å². The lowest BCUT2D eigenvalue weighted by Gasteiger charge is -2.43. The number of piperidine rings is 1. The summed E-state index contributed by atoms with van der Waals surface area (Å²) in [6.07, 6.45) is 3.35. The second-order valence-corrected chi connectivity index (χ2v) is 10.3. The number of aromatic nitrogens is 2. The summed E-state index contributed by atoms with van der Waals surface area (Å²) in [7, 11) is 0. The number of likely N-dealkylation sites (tertiary alicyclic amines) is 1. The van der Waals surface area contributed by atoms with E-state index >= 15 is 0 Å². The van der Waals surface area contributed by atoms with Gasteiger partial charge >= 0.3 is 6.18 Å². The first-order valence-corrected chi connectivity index (χ1v) is 13.0. The third kappa shape index (κ3) is 7.24. The summed E-state index contributed by atoms with van der Waals surface area (Å²) in [4.78, 5) is 28.0. The van der Waals surface area contributed by atoms with E-state index < -0.39 is 48.5 Å². The SMILES string of the molecule is C\C=C/C=N\C(=C\CC)c1sc(C)nc1C(=O)N1CC(F)(F)CC(C)C1CNc1ccc(C(F)(F)F)cn1. The van der Waals surface area contributed by atoms with Crippen LogP contribution in [0.1, 0.15) is 59.5 Å². The van der Waals surface area contributed by atoms with Crippen molar-refractivity contribution >= 4 is 35.0 Å². The average Bonchev–Trinajstić information content (AvgIpc) is 3.23. The number of carbonyl (C=O) groups is 1. The molecule has 3 heterocycles. The van der Waals surface area contributed by atoms with Gasteiger partial charge in [-0.25, -0.2) is 18.7 Å². The lowest BCUT2D eigenvalue weighted by molar-refractivity contribution is -0.137. The monoisotopic (exact) mass is 555 g/mol. The number of pyridine rings is 1. The molecule has 2 unspecified atom stereocenters. The van der Waals surface area contributed by atoms with Crippen LogP contribution in [0.15, 0.2) is 41.6 Å². The molecule has 1 saturated heterocycles. The maximum absolute atomic E-state index is 14.7. The summed E-state index contributed by atoms with van der Waals surface area (Å²) < 4.78 is 67.9. The molecule has 0 aromatic carbocycles. The predicted molar refractivity (Wildman–Crippen MR) is 140 cm³/mol. The number of amides is 1. The fourth-order valence-corrected chi connectivity index (χ4v) is 5.15. The number of carbonyl (C=O) groups excluding carboxylic acids is 1. The highest BCUT2D eigenvalue weighted by Gasteiger charge is 2.47. The molecule has 1 N–H and O–H groups in total. The molecule has 1 fully saturated rings. The Balaban J connectivity index is 1.91. The summed E-state index contributed by atoms with van der Waals surface area (Å²) in [5.74, 6) is -4.21. The van der Waals surface area contributed by atoms with E-state index in [0.717, 1.165) is 11.0 Å². The zero-order valence-corrected chi connectivity index (χ0v) is 22.3. The zero-order valence-electron chi connectivity index (χ0n) is 21.5. The van der Waals surface area contributed by atoms with Gasteiger partial charge in [0.05, 0.1) is 33.7 Å². The summed E-state index contributed by atoms with van der Waals surface area (Å²) >= 11 is 1.26. The highest BCUT2D eigenvalue weighted by atomic mass is 32.1. The average molecular weight is 556 g/mol. The molecule has 0 saturated carbocycles. The van der Waals surface area contributed by atoms with E-state index in [2.05, 4.69) is 20.3 Å². The minimum atomic E-state index is -4.52. The predicted octanol–water partition coefficient (Wildman–Crippen LogP) is 6.86. The van der Waals surface area contributed by atoms with Crippen LogP contribution in [0.2, 0.25) is 0 Å². The topological polar surface area (TPSA) is 70.5 Å². The van der Waals surface area contributed by atoms with Crippen LogP contribution in [0.4, 0.5) is 27.8 Å². The number of aliphatic imine (C=N–C) groups is 1. The van der Waals surface area contributed by atoms with Crippen LogP contribution in [0.5, 0.6) is 0 Å². The Morgan fingerprint density at radius 2 is 2.08 bits per heavy atom.